The molecule has 0 radical (unpaired) electrons. The first-order valence-electron chi connectivity index (χ1n) is 10.6. The van der Waals surface area contributed by atoms with Gasteiger partial charge in [-0.05, 0) is 67.7 Å². The molecule has 0 aromatic heterocycles. The average Bonchev–Trinajstić information content (AvgIpc) is 2.95. The molecule has 3 atom stereocenters. The average molecular weight is 449 g/mol. The molecule has 1 aromatic carbocycles. The van der Waals surface area contributed by atoms with E-state index in [-0.39, 0.29) is 12.1 Å². The van der Waals surface area contributed by atoms with Gasteiger partial charge in [0.15, 0.2) is 0 Å². The molecular formula is C25H30ClFO4. The molecule has 2 aliphatic rings. The van der Waals surface area contributed by atoms with E-state index >= 15 is 0 Å². The van der Waals surface area contributed by atoms with Crippen LogP contribution in [0.3, 0.4) is 0 Å². The van der Waals surface area contributed by atoms with Gasteiger partial charge in [-0.15, -0.1) is 0 Å². The molecule has 3 rings (SSSR count). The number of fused-ring (bicyclic) bond motifs is 1. The van der Waals surface area contributed by atoms with Crippen LogP contribution >= 0.6 is 11.6 Å². The Labute approximate surface area is 188 Å². The van der Waals surface area contributed by atoms with Gasteiger partial charge in [-0.1, -0.05) is 50.2 Å². The smallest absolute Gasteiger partial charge is 0.367 e. The first-order valence-corrected chi connectivity index (χ1v) is 10.9. The molecular weight excluding hydrogens is 419 g/mol. The SMILES string of the molecule is C=C(Cl)Cc1cccc2c1CCC2OC(=O)[C@@H]1[C@H](/C=C(/F)C(=O)OC(C)(C)C)C1(C)C. The lowest BCUT2D eigenvalue weighted by atomic mass is 10.0. The summed E-state index contributed by atoms with van der Waals surface area (Å²) in [5.74, 6) is -3.27. The summed E-state index contributed by atoms with van der Waals surface area (Å²) in [7, 11) is 0. The maximum absolute atomic E-state index is 14.4. The van der Waals surface area contributed by atoms with Crippen LogP contribution in [0.5, 0.6) is 0 Å². The highest BCUT2D eigenvalue weighted by Gasteiger charge is 2.62. The summed E-state index contributed by atoms with van der Waals surface area (Å²) < 4.78 is 25.3. The number of esters is 2. The van der Waals surface area contributed by atoms with Gasteiger partial charge in [0, 0.05) is 11.5 Å². The summed E-state index contributed by atoms with van der Waals surface area (Å²) in [5, 5.41) is 0.565. The van der Waals surface area contributed by atoms with Crippen LogP contribution in [0.4, 0.5) is 4.39 Å². The van der Waals surface area contributed by atoms with Crippen LogP contribution in [0.2, 0.25) is 0 Å². The zero-order valence-corrected chi connectivity index (χ0v) is 19.5. The molecule has 1 saturated carbocycles. The molecule has 1 fully saturated rings. The number of ether oxygens (including phenoxy) is 2. The van der Waals surface area contributed by atoms with Crippen LogP contribution in [0.25, 0.3) is 0 Å². The minimum absolute atomic E-state index is 0.331. The van der Waals surface area contributed by atoms with Crippen molar-refractivity contribution >= 4 is 23.5 Å². The molecule has 0 heterocycles. The van der Waals surface area contributed by atoms with Crippen molar-refractivity contribution in [1.82, 2.24) is 0 Å². The number of benzene rings is 1. The Balaban J connectivity index is 1.69. The van der Waals surface area contributed by atoms with E-state index in [2.05, 4.69) is 6.58 Å². The molecule has 0 aliphatic heterocycles. The lowest BCUT2D eigenvalue weighted by Crippen LogP contribution is -2.24. The molecule has 168 valence electrons. The van der Waals surface area contributed by atoms with Crippen molar-refractivity contribution in [3.05, 3.63) is 58.4 Å². The molecule has 6 heteroatoms. The van der Waals surface area contributed by atoms with Gasteiger partial charge in [0.25, 0.3) is 0 Å². The topological polar surface area (TPSA) is 52.6 Å². The number of hydrogen-bond donors (Lipinski definition) is 0. The normalized spacial score (nSPS) is 24.4. The van der Waals surface area contributed by atoms with Gasteiger partial charge in [-0.25, -0.2) is 4.79 Å². The summed E-state index contributed by atoms with van der Waals surface area (Å²) in [6, 6.07) is 5.92. The summed E-state index contributed by atoms with van der Waals surface area (Å²) >= 11 is 5.98. The summed E-state index contributed by atoms with van der Waals surface area (Å²) in [6.45, 7) is 12.5. The molecule has 4 nitrogen and oxygen atoms in total. The predicted molar refractivity (Wildman–Crippen MR) is 118 cm³/mol. The first-order chi connectivity index (χ1) is 14.3. The lowest BCUT2D eigenvalue weighted by molar-refractivity contribution is -0.153. The first kappa shape index (κ1) is 23.5. The lowest BCUT2D eigenvalue weighted by Gasteiger charge is -2.18. The summed E-state index contributed by atoms with van der Waals surface area (Å²) in [6.07, 6.45) is 2.96. The van der Waals surface area contributed by atoms with Crippen LogP contribution in [0.1, 0.15) is 63.8 Å². The summed E-state index contributed by atoms with van der Waals surface area (Å²) in [5.41, 5.74) is 1.97. The number of carbonyl (C=O) groups excluding carboxylic acids is 2. The molecule has 31 heavy (non-hydrogen) atoms. The fraction of sp³-hybridized carbons (Fsp3) is 0.520. The Morgan fingerprint density at radius 3 is 2.61 bits per heavy atom. The second-order valence-corrected chi connectivity index (χ2v) is 10.5. The highest BCUT2D eigenvalue weighted by Crippen LogP contribution is 2.60. The van der Waals surface area contributed by atoms with Crippen LogP contribution in [0.15, 0.2) is 41.7 Å². The van der Waals surface area contributed by atoms with E-state index in [1.165, 1.54) is 6.08 Å². The van der Waals surface area contributed by atoms with Crippen molar-refractivity contribution in [2.75, 3.05) is 0 Å². The highest BCUT2D eigenvalue weighted by atomic mass is 35.5. The molecule has 0 saturated heterocycles. The van der Waals surface area contributed by atoms with Gasteiger partial charge >= 0.3 is 11.9 Å². The van der Waals surface area contributed by atoms with Gasteiger partial charge in [-0.3, -0.25) is 4.79 Å². The van der Waals surface area contributed by atoms with E-state index < -0.39 is 34.6 Å². The van der Waals surface area contributed by atoms with Crippen molar-refractivity contribution in [3.63, 3.8) is 0 Å². The quantitative estimate of drug-likeness (QED) is 0.397. The molecule has 1 unspecified atom stereocenters. The Hall–Kier alpha value is -2.14. The third-order valence-corrected chi connectivity index (χ3v) is 6.17. The molecule has 0 amide bonds. The zero-order chi connectivity index (χ0) is 23.1. The minimum Gasteiger partial charge on any atom is -0.457 e. The molecule has 1 aromatic rings. The predicted octanol–water partition coefficient (Wildman–Crippen LogP) is 5.98. The van der Waals surface area contributed by atoms with Gasteiger partial charge in [0.1, 0.15) is 11.7 Å². The maximum atomic E-state index is 14.4. The fourth-order valence-electron chi connectivity index (χ4n) is 4.39. The van der Waals surface area contributed by atoms with Crippen LogP contribution in [0, 0.1) is 17.3 Å². The van der Waals surface area contributed by atoms with E-state index in [4.69, 9.17) is 21.1 Å². The van der Waals surface area contributed by atoms with Crippen molar-refractivity contribution in [3.8, 4) is 0 Å². The number of hydrogen-bond acceptors (Lipinski definition) is 4. The van der Waals surface area contributed by atoms with Gasteiger partial charge in [0.05, 0.1) is 5.92 Å². The highest BCUT2D eigenvalue weighted by molar-refractivity contribution is 6.29. The Morgan fingerprint density at radius 2 is 2.00 bits per heavy atom. The van der Waals surface area contributed by atoms with Crippen molar-refractivity contribution in [2.45, 2.75) is 65.6 Å². The fourth-order valence-corrected chi connectivity index (χ4v) is 4.54. The Bertz CT molecular complexity index is 941. The molecule has 2 aliphatic carbocycles. The zero-order valence-electron chi connectivity index (χ0n) is 18.8. The maximum Gasteiger partial charge on any atom is 0.367 e. The third-order valence-electron chi connectivity index (χ3n) is 6.04. The Morgan fingerprint density at radius 1 is 1.32 bits per heavy atom. The number of rotatable bonds is 6. The van der Waals surface area contributed by atoms with Gasteiger partial charge in [0.2, 0.25) is 5.83 Å². The molecule has 0 N–H and O–H groups in total. The van der Waals surface area contributed by atoms with E-state index in [9.17, 15) is 14.0 Å². The second-order valence-electron chi connectivity index (χ2n) is 9.98. The van der Waals surface area contributed by atoms with Gasteiger partial charge < -0.3 is 9.47 Å². The largest absolute Gasteiger partial charge is 0.457 e. The monoisotopic (exact) mass is 448 g/mol. The van der Waals surface area contributed by atoms with E-state index in [0.717, 1.165) is 23.1 Å². The molecule has 0 bridgehead atoms. The van der Waals surface area contributed by atoms with Crippen LogP contribution in [-0.2, 0) is 31.9 Å². The van der Waals surface area contributed by atoms with Crippen LogP contribution in [-0.4, -0.2) is 17.5 Å². The van der Waals surface area contributed by atoms with E-state index in [1.807, 2.05) is 32.0 Å². The van der Waals surface area contributed by atoms with Crippen LogP contribution < -0.4 is 0 Å². The summed E-state index contributed by atoms with van der Waals surface area (Å²) in [4.78, 5) is 24.9. The van der Waals surface area contributed by atoms with E-state index in [0.29, 0.717) is 17.9 Å². The molecule has 0 spiro atoms. The number of halogens is 2. The van der Waals surface area contributed by atoms with Crippen molar-refractivity contribution < 1.29 is 23.5 Å². The number of allylic oxidation sites excluding steroid dienone is 2. The van der Waals surface area contributed by atoms with Gasteiger partial charge in [-0.2, -0.15) is 4.39 Å². The third kappa shape index (κ3) is 5.20. The van der Waals surface area contributed by atoms with Crippen molar-refractivity contribution in [1.29, 1.82) is 0 Å². The van der Waals surface area contributed by atoms with Crippen molar-refractivity contribution in [2.24, 2.45) is 17.3 Å². The second kappa shape index (κ2) is 8.42. The standard InChI is InChI=1S/C25H30ClFO4/c1-14(26)12-15-8-7-9-17-16(15)10-11-20(17)30-23(29)21-18(25(21,5)6)13-19(27)22(28)31-24(2,3)4/h7-9,13,18,20-21H,1,10-12H2,2-6H3/b19-13+/t18-,20?,21-/m0/s1. The Kier molecular flexibility index (Phi) is 6.39. The van der Waals surface area contributed by atoms with E-state index in [1.54, 1.807) is 20.8 Å². The minimum atomic E-state index is -1.01. The number of carbonyl (C=O) groups is 2.